The maximum absolute atomic E-state index is 11.7. The van der Waals surface area contributed by atoms with E-state index in [0.29, 0.717) is 12.8 Å². The molecule has 0 N–H and O–H groups in total. The molecule has 4 nitrogen and oxygen atoms in total. The van der Waals surface area contributed by atoms with E-state index in [-0.39, 0.29) is 61.3 Å². The molecule has 0 bridgehead atoms. The van der Waals surface area contributed by atoms with Gasteiger partial charge >= 0.3 is 48.4 Å². The predicted octanol–water partition coefficient (Wildman–Crippen LogP) is -0.287. The monoisotopic (exact) mass is 454 g/mol. The van der Waals surface area contributed by atoms with Crippen LogP contribution in [0.1, 0.15) is 149 Å². The zero-order valence-corrected chi connectivity index (χ0v) is 24.0. The SMILES string of the molecule is CCCCCCCCCCCCC(CCCCCCCCCCC)(C(=O)[O-])C(=O)[O-].[Li+].[Na+]. The van der Waals surface area contributed by atoms with E-state index in [1.807, 2.05) is 0 Å². The van der Waals surface area contributed by atoms with Crippen LogP contribution in [-0.2, 0) is 9.59 Å². The average molecular weight is 455 g/mol. The average Bonchev–Trinajstić information content (AvgIpc) is 2.71. The first-order chi connectivity index (χ1) is 14.5. The van der Waals surface area contributed by atoms with Crippen LogP contribution >= 0.6 is 0 Å². The van der Waals surface area contributed by atoms with Crippen LogP contribution in [0.15, 0.2) is 0 Å². The molecule has 0 aliphatic rings. The van der Waals surface area contributed by atoms with E-state index in [2.05, 4.69) is 13.8 Å². The summed E-state index contributed by atoms with van der Waals surface area (Å²) < 4.78 is 0. The molecule has 0 heterocycles. The number of unbranched alkanes of at least 4 members (excludes halogenated alkanes) is 17. The van der Waals surface area contributed by atoms with Gasteiger partial charge in [0.05, 0.1) is 11.9 Å². The number of hydrogen-bond donors (Lipinski definition) is 0. The molecule has 0 fully saturated rings. The van der Waals surface area contributed by atoms with Crippen molar-refractivity contribution in [2.24, 2.45) is 5.41 Å². The minimum absolute atomic E-state index is 0. The maximum Gasteiger partial charge on any atom is 1.00 e. The summed E-state index contributed by atoms with van der Waals surface area (Å²) in [7, 11) is 0. The number of rotatable bonds is 23. The van der Waals surface area contributed by atoms with Crippen molar-refractivity contribution in [2.45, 2.75) is 149 Å². The quantitative estimate of drug-likeness (QED) is 0.121. The van der Waals surface area contributed by atoms with E-state index in [4.69, 9.17) is 0 Å². The topological polar surface area (TPSA) is 80.3 Å². The van der Waals surface area contributed by atoms with Crippen molar-refractivity contribution in [3.63, 3.8) is 0 Å². The fourth-order valence-corrected chi connectivity index (χ4v) is 4.27. The second-order valence-corrected chi connectivity index (χ2v) is 9.17. The zero-order valence-electron chi connectivity index (χ0n) is 22.0. The Morgan fingerprint density at radius 2 is 0.719 bits per heavy atom. The Hall–Kier alpha value is 0.537. The summed E-state index contributed by atoms with van der Waals surface area (Å²) in [5, 5.41) is 23.4. The van der Waals surface area contributed by atoms with E-state index in [1.165, 1.54) is 70.6 Å². The normalized spacial score (nSPS) is 10.9. The minimum Gasteiger partial charge on any atom is -0.549 e. The molecule has 6 heteroatoms. The van der Waals surface area contributed by atoms with Crippen molar-refractivity contribution in [2.75, 3.05) is 0 Å². The molecule has 0 aromatic rings. The molecule has 0 aromatic carbocycles. The Balaban J connectivity index is -0.00000420. The molecule has 0 aromatic heterocycles. The number of carboxylic acids is 2. The van der Waals surface area contributed by atoms with Gasteiger partial charge in [-0.15, -0.1) is 0 Å². The van der Waals surface area contributed by atoms with E-state index >= 15 is 0 Å². The third kappa shape index (κ3) is 18.9. The number of carbonyl (C=O) groups is 2. The molecule has 32 heavy (non-hydrogen) atoms. The first kappa shape index (κ1) is 37.1. The number of aliphatic carboxylic acids is 2. The zero-order chi connectivity index (χ0) is 22.5. The smallest absolute Gasteiger partial charge is 0.549 e. The Labute approximate surface area is 232 Å². The fraction of sp³-hybridized carbons (Fsp3) is 0.923. The number of carbonyl (C=O) groups excluding carboxylic acids is 2. The third-order valence-corrected chi connectivity index (χ3v) is 6.45. The van der Waals surface area contributed by atoms with E-state index in [0.717, 1.165) is 38.5 Å². The minimum atomic E-state index is -1.80. The maximum atomic E-state index is 11.7. The molecule has 0 saturated carbocycles. The van der Waals surface area contributed by atoms with Crippen LogP contribution in [0.4, 0.5) is 0 Å². The van der Waals surface area contributed by atoms with Crippen molar-refractivity contribution < 1.29 is 68.2 Å². The second-order valence-electron chi connectivity index (χ2n) is 9.17. The molecule has 0 rings (SSSR count). The van der Waals surface area contributed by atoms with Gasteiger partial charge in [-0.1, -0.05) is 136 Å². The molecule has 0 spiro atoms. The Morgan fingerprint density at radius 3 is 0.938 bits per heavy atom. The van der Waals surface area contributed by atoms with Crippen LogP contribution < -0.4 is 58.6 Å². The Bertz CT molecular complexity index is 418. The van der Waals surface area contributed by atoms with Crippen LogP contribution in [-0.4, -0.2) is 11.9 Å². The summed E-state index contributed by atoms with van der Waals surface area (Å²) in [6, 6.07) is 0. The molecule has 0 radical (unpaired) electrons. The molecule has 0 unspecified atom stereocenters. The van der Waals surface area contributed by atoms with Gasteiger partial charge in [-0.2, -0.15) is 0 Å². The van der Waals surface area contributed by atoms with Gasteiger partial charge in [-0.05, 0) is 12.8 Å². The van der Waals surface area contributed by atoms with Crippen LogP contribution in [0.2, 0.25) is 0 Å². The van der Waals surface area contributed by atoms with Gasteiger partial charge in [0.25, 0.3) is 0 Å². The van der Waals surface area contributed by atoms with E-state index < -0.39 is 17.4 Å². The third-order valence-electron chi connectivity index (χ3n) is 6.45. The first-order valence-electron chi connectivity index (χ1n) is 12.9. The van der Waals surface area contributed by atoms with Crippen molar-refractivity contribution in [1.82, 2.24) is 0 Å². The molecule has 0 aliphatic heterocycles. The summed E-state index contributed by atoms with van der Waals surface area (Å²) in [6.07, 6.45) is 21.6. The van der Waals surface area contributed by atoms with Crippen LogP contribution in [0.25, 0.3) is 0 Å². The van der Waals surface area contributed by atoms with Gasteiger partial charge in [0.15, 0.2) is 0 Å². The molecule has 0 atom stereocenters. The van der Waals surface area contributed by atoms with Crippen LogP contribution in [0.5, 0.6) is 0 Å². The molecule has 0 saturated heterocycles. The van der Waals surface area contributed by atoms with Gasteiger partial charge in [-0.25, -0.2) is 0 Å². The summed E-state index contributed by atoms with van der Waals surface area (Å²) in [5.41, 5.74) is -1.80. The molecule has 0 aliphatic carbocycles. The van der Waals surface area contributed by atoms with Gasteiger partial charge in [0.1, 0.15) is 0 Å². The number of carboxylic acid groups (broad SMARTS) is 2. The standard InChI is InChI=1S/C26H50O4.Li.Na/c1-3-5-7-9-11-13-15-17-19-21-23-26(24(27)28,25(29)30)22-20-18-16-14-12-10-8-6-4-2;;/h3-23H2,1-2H3,(H,27,28)(H,29,30);;/q;2*+1/p-2. The first-order valence-corrected chi connectivity index (χ1v) is 12.9. The molecular weight excluding hydrogens is 406 g/mol. The van der Waals surface area contributed by atoms with Crippen molar-refractivity contribution in [3.8, 4) is 0 Å². The van der Waals surface area contributed by atoms with Crippen molar-refractivity contribution in [3.05, 3.63) is 0 Å². The summed E-state index contributed by atoms with van der Waals surface area (Å²) in [4.78, 5) is 23.4. The Kier molecular flexibility index (Phi) is 30.3. The predicted molar refractivity (Wildman–Crippen MR) is 121 cm³/mol. The summed E-state index contributed by atoms with van der Waals surface area (Å²) in [5.74, 6) is -2.92. The summed E-state index contributed by atoms with van der Waals surface area (Å²) in [6.45, 7) is 4.42. The molecule has 178 valence electrons. The number of hydrogen-bond acceptors (Lipinski definition) is 4. The fourth-order valence-electron chi connectivity index (χ4n) is 4.27. The van der Waals surface area contributed by atoms with Gasteiger partial charge in [0, 0.05) is 5.41 Å². The molecular formula is C26H48LiNaO4. The van der Waals surface area contributed by atoms with Crippen LogP contribution in [0.3, 0.4) is 0 Å². The Morgan fingerprint density at radius 1 is 0.500 bits per heavy atom. The second kappa shape index (κ2) is 26.1. The molecule has 0 amide bonds. The van der Waals surface area contributed by atoms with Crippen LogP contribution in [0, 0.1) is 5.41 Å². The van der Waals surface area contributed by atoms with Crippen molar-refractivity contribution >= 4 is 11.9 Å². The van der Waals surface area contributed by atoms with E-state index in [9.17, 15) is 19.8 Å². The largest absolute Gasteiger partial charge is 1.00 e. The van der Waals surface area contributed by atoms with Gasteiger partial charge < -0.3 is 19.8 Å². The summed E-state index contributed by atoms with van der Waals surface area (Å²) >= 11 is 0. The van der Waals surface area contributed by atoms with Gasteiger partial charge in [0.2, 0.25) is 0 Å². The van der Waals surface area contributed by atoms with Gasteiger partial charge in [-0.3, -0.25) is 0 Å². The van der Waals surface area contributed by atoms with E-state index in [1.54, 1.807) is 0 Å². The van der Waals surface area contributed by atoms with Crippen molar-refractivity contribution in [1.29, 1.82) is 0 Å².